The number of aromatic nitrogens is 3. The minimum Gasteiger partial charge on any atom is -0.289 e. The highest BCUT2D eigenvalue weighted by Crippen LogP contribution is 2.33. The molecule has 4 rings (SSSR count). The van der Waals surface area contributed by atoms with Gasteiger partial charge < -0.3 is 0 Å². The third-order valence-electron chi connectivity index (χ3n) is 4.56. The SMILES string of the molecule is Brc1cnc2nc(-c3ccc(C4CCCCC4)cc3)cn2c1. The lowest BCUT2D eigenvalue weighted by atomic mass is 9.84. The highest BCUT2D eigenvalue weighted by molar-refractivity contribution is 9.10. The number of imidazole rings is 1. The summed E-state index contributed by atoms with van der Waals surface area (Å²) in [4.78, 5) is 8.92. The highest BCUT2D eigenvalue weighted by atomic mass is 79.9. The van der Waals surface area contributed by atoms with E-state index in [1.807, 2.05) is 16.8 Å². The second kappa shape index (κ2) is 5.84. The minimum atomic E-state index is 0.731. The van der Waals surface area contributed by atoms with E-state index in [0.29, 0.717) is 0 Å². The standard InChI is InChI=1S/C18H18BrN3/c19-16-10-20-18-21-17(12-22(18)11-16)15-8-6-14(7-9-15)13-4-2-1-3-5-13/h6-13H,1-5H2. The lowest BCUT2D eigenvalue weighted by molar-refractivity contribution is 0.443. The Balaban J connectivity index is 1.63. The summed E-state index contributed by atoms with van der Waals surface area (Å²) in [5.74, 6) is 1.48. The van der Waals surface area contributed by atoms with Crippen LogP contribution >= 0.6 is 15.9 Å². The molecule has 3 aromatic rings. The topological polar surface area (TPSA) is 30.2 Å². The Kier molecular flexibility index (Phi) is 3.70. The zero-order valence-electron chi connectivity index (χ0n) is 12.4. The Morgan fingerprint density at radius 1 is 1.00 bits per heavy atom. The number of hydrogen-bond donors (Lipinski definition) is 0. The Bertz CT molecular complexity index is 786. The molecule has 2 aromatic heterocycles. The Morgan fingerprint density at radius 3 is 2.55 bits per heavy atom. The van der Waals surface area contributed by atoms with Crippen molar-refractivity contribution in [3.63, 3.8) is 0 Å². The summed E-state index contributed by atoms with van der Waals surface area (Å²) in [6.45, 7) is 0. The molecule has 0 amide bonds. The van der Waals surface area contributed by atoms with Gasteiger partial charge >= 0.3 is 0 Å². The fourth-order valence-electron chi connectivity index (χ4n) is 3.36. The smallest absolute Gasteiger partial charge is 0.234 e. The molecule has 0 saturated heterocycles. The van der Waals surface area contributed by atoms with Crippen LogP contribution in [0.2, 0.25) is 0 Å². The average molecular weight is 356 g/mol. The zero-order valence-corrected chi connectivity index (χ0v) is 14.0. The van der Waals surface area contributed by atoms with Gasteiger partial charge in [-0.3, -0.25) is 4.40 Å². The van der Waals surface area contributed by atoms with Crippen LogP contribution in [0.15, 0.2) is 47.3 Å². The van der Waals surface area contributed by atoms with Crippen molar-refractivity contribution < 1.29 is 0 Å². The van der Waals surface area contributed by atoms with E-state index in [2.05, 4.69) is 50.2 Å². The summed E-state index contributed by atoms with van der Waals surface area (Å²) >= 11 is 3.44. The predicted octanol–water partition coefficient (Wildman–Crippen LogP) is 5.21. The van der Waals surface area contributed by atoms with Crippen molar-refractivity contribution in [1.29, 1.82) is 0 Å². The number of halogens is 1. The molecule has 3 nitrogen and oxygen atoms in total. The zero-order chi connectivity index (χ0) is 14.9. The van der Waals surface area contributed by atoms with Gasteiger partial charge in [0.1, 0.15) is 0 Å². The molecule has 1 saturated carbocycles. The molecule has 112 valence electrons. The Labute approximate surface area is 138 Å². The minimum absolute atomic E-state index is 0.731. The van der Waals surface area contributed by atoms with E-state index in [4.69, 9.17) is 0 Å². The van der Waals surface area contributed by atoms with Crippen LogP contribution in [0.1, 0.15) is 43.6 Å². The maximum atomic E-state index is 4.60. The molecule has 22 heavy (non-hydrogen) atoms. The Morgan fingerprint density at radius 2 is 1.77 bits per heavy atom. The second-order valence-corrected chi connectivity index (χ2v) is 6.98. The quantitative estimate of drug-likeness (QED) is 0.631. The van der Waals surface area contributed by atoms with Crippen LogP contribution in [-0.2, 0) is 0 Å². The molecule has 0 spiro atoms. The maximum Gasteiger partial charge on any atom is 0.234 e. The van der Waals surface area contributed by atoms with Gasteiger partial charge in [-0.05, 0) is 40.3 Å². The van der Waals surface area contributed by atoms with Crippen molar-refractivity contribution in [2.45, 2.75) is 38.0 Å². The van der Waals surface area contributed by atoms with Crippen LogP contribution in [0.25, 0.3) is 17.0 Å². The molecule has 1 fully saturated rings. The van der Waals surface area contributed by atoms with Crippen molar-refractivity contribution in [3.05, 3.63) is 52.9 Å². The van der Waals surface area contributed by atoms with E-state index >= 15 is 0 Å². The number of hydrogen-bond acceptors (Lipinski definition) is 2. The second-order valence-electron chi connectivity index (χ2n) is 6.06. The van der Waals surface area contributed by atoms with Crippen LogP contribution in [0.3, 0.4) is 0 Å². The predicted molar refractivity (Wildman–Crippen MR) is 91.9 cm³/mol. The van der Waals surface area contributed by atoms with Crippen LogP contribution in [0, 0.1) is 0 Å². The monoisotopic (exact) mass is 355 g/mol. The molecule has 4 heteroatoms. The first-order chi connectivity index (χ1) is 10.8. The molecule has 0 N–H and O–H groups in total. The van der Waals surface area contributed by atoms with E-state index in [0.717, 1.165) is 27.4 Å². The van der Waals surface area contributed by atoms with Crippen molar-refractivity contribution in [1.82, 2.24) is 14.4 Å². The lowest BCUT2D eigenvalue weighted by Gasteiger charge is -2.21. The van der Waals surface area contributed by atoms with Gasteiger partial charge in [-0.15, -0.1) is 0 Å². The van der Waals surface area contributed by atoms with Gasteiger partial charge in [0.05, 0.1) is 10.2 Å². The van der Waals surface area contributed by atoms with Crippen LogP contribution in [0.4, 0.5) is 0 Å². The number of fused-ring (bicyclic) bond motifs is 1. The molecule has 1 aliphatic carbocycles. The average Bonchev–Trinajstić information content (AvgIpc) is 2.99. The van der Waals surface area contributed by atoms with Gasteiger partial charge in [-0.1, -0.05) is 43.5 Å². The molecule has 0 radical (unpaired) electrons. The first-order valence-corrected chi connectivity index (χ1v) is 8.69. The van der Waals surface area contributed by atoms with Gasteiger partial charge in [-0.2, -0.15) is 0 Å². The molecule has 0 aliphatic heterocycles. The summed E-state index contributed by atoms with van der Waals surface area (Å²) in [5, 5.41) is 0. The van der Waals surface area contributed by atoms with Crippen LogP contribution in [0.5, 0.6) is 0 Å². The first kappa shape index (κ1) is 13.9. The third-order valence-corrected chi connectivity index (χ3v) is 4.97. The van der Waals surface area contributed by atoms with Gasteiger partial charge in [0.2, 0.25) is 5.78 Å². The molecule has 0 bridgehead atoms. The van der Waals surface area contributed by atoms with E-state index in [1.165, 1.54) is 37.7 Å². The van der Waals surface area contributed by atoms with E-state index < -0.39 is 0 Å². The molecule has 0 atom stereocenters. The Hall–Kier alpha value is -1.68. The highest BCUT2D eigenvalue weighted by Gasteiger charge is 2.15. The van der Waals surface area contributed by atoms with Crippen LogP contribution in [-0.4, -0.2) is 14.4 Å². The fourth-order valence-corrected chi connectivity index (χ4v) is 3.68. The maximum absolute atomic E-state index is 4.60. The number of nitrogens with zero attached hydrogens (tertiary/aromatic N) is 3. The van der Waals surface area contributed by atoms with Gasteiger partial charge in [-0.25, -0.2) is 9.97 Å². The summed E-state index contributed by atoms with van der Waals surface area (Å²) in [7, 11) is 0. The summed E-state index contributed by atoms with van der Waals surface area (Å²) in [5.41, 5.74) is 3.61. The third kappa shape index (κ3) is 2.68. The molecule has 0 unspecified atom stereocenters. The van der Waals surface area contributed by atoms with E-state index in [-0.39, 0.29) is 0 Å². The largest absolute Gasteiger partial charge is 0.289 e. The summed E-state index contributed by atoms with van der Waals surface area (Å²) < 4.78 is 2.91. The number of rotatable bonds is 2. The van der Waals surface area contributed by atoms with Crippen molar-refractivity contribution in [2.75, 3.05) is 0 Å². The van der Waals surface area contributed by atoms with Gasteiger partial charge in [0.15, 0.2) is 0 Å². The van der Waals surface area contributed by atoms with E-state index in [9.17, 15) is 0 Å². The van der Waals surface area contributed by atoms with Gasteiger partial charge in [0.25, 0.3) is 0 Å². The van der Waals surface area contributed by atoms with E-state index in [1.54, 1.807) is 6.20 Å². The summed E-state index contributed by atoms with van der Waals surface area (Å²) in [6, 6.07) is 8.94. The van der Waals surface area contributed by atoms with Crippen LogP contribution < -0.4 is 0 Å². The van der Waals surface area contributed by atoms with Gasteiger partial charge in [0, 0.05) is 24.2 Å². The molecular formula is C18H18BrN3. The fraction of sp³-hybridized carbons (Fsp3) is 0.333. The molecule has 1 aliphatic rings. The summed E-state index contributed by atoms with van der Waals surface area (Å²) in [6.07, 6.45) is 12.6. The van der Waals surface area contributed by atoms with Crippen molar-refractivity contribution in [3.8, 4) is 11.3 Å². The molecule has 2 heterocycles. The molecule has 1 aromatic carbocycles. The normalized spacial score (nSPS) is 16.2. The van der Waals surface area contributed by atoms with Crippen molar-refractivity contribution in [2.24, 2.45) is 0 Å². The molecular weight excluding hydrogens is 338 g/mol. The lowest BCUT2D eigenvalue weighted by Crippen LogP contribution is -2.04. The first-order valence-electron chi connectivity index (χ1n) is 7.90. The van der Waals surface area contributed by atoms with Crippen molar-refractivity contribution >= 4 is 21.7 Å². The number of benzene rings is 1.